The van der Waals surface area contributed by atoms with E-state index in [1.165, 1.54) is 17.3 Å². The first-order chi connectivity index (χ1) is 16.9. The minimum atomic E-state index is -0.608. The van der Waals surface area contributed by atoms with Crippen LogP contribution in [0.1, 0.15) is 37.5 Å². The van der Waals surface area contributed by atoms with Crippen LogP contribution < -0.4 is 10.7 Å². The highest BCUT2D eigenvalue weighted by atomic mass is 16.2. The normalized spacial score (nSPS) is 10.4. The molecular formula is C28H30N4O3. The molecule has 0 spiro atoms. The first-order valence-corrected chi connectivity index (χ1v) is 11.4. The molecule has 2 amide bonds. The zero-order valence-corrected chi connectivity index (χ0v) is 19.9. The molecule has 3 aromatic rings. The summed E-state index contributed by atoms with van der Waals surface area (Å²) in [4.78, 5) is 45.3. The van der Waals surface area contributed by atoms with Gasteiger partial charge in [-0.3, -0.25) is 19.4 Å². The summed E-state index contributed by atoms with van der Waals surface area (Å²) in [5.41, 5.74) is 2.13. The van der Waals surface area contributed by atoms with Crippen LogP contribution in [0.25, 0.3) is 0 Å². The molecule has 180 valence electrons. The second-order valence-corrected chi connectivity index (χ2v) is 8.18. The lowest BCUT2D eigenvalue weighted by molar-refractivity contribution is 0.0788. The molecule has 3 rings (SSSR count). The number of pyridine rings is 2. The number of amides is 2. The highest BCUT2D eigenvalue weighted by Gasteiger charge is 2.22. The lowest BCUT2D eigenvalue weighted by Crippen LogP contribution is -2.38. The van der Waals surface area contributed by atoms with Gasteiger partial charge in [-0.1, -0.05) is 48.0 Å². The van der Waals surface area contributed by atoms with Crippen LogP contribution in [0.3, 0.4) is 0 Å². The fourth-order valence-corrected chi connectivity index (χ4v) is 3.57. The van der Waals surface area contributed by atoms with E-state index in [0.29, 0.717) is 13.0 Å². The van der Waals surface area contributed by atoms with Crippen LogP contribution in [0.4, 0.5) is 0 Å². The quantitative estimate of drug-likeness (QED) is 0.435. The molecule has 0 radical (unpaired) electrons. The van der Waals surface area contributed by atoms with Crippen molar-refractivity contribution < 1.29 is 9.59 Å². The summed E-state index contributed by atoms with van der Waals surface area (Å²) in [5.74, 6) is -1.01. The van der Waals surface area contributed by atoms with Gasteiger partial charge >= 0.3 is 0 Å². The summed E-state index contributed by atoms with van der Waals surface area (Å²) in [6.45, 7) is 10.6. The molecule has 0 aliphatic rings. The van der Waals surface area contributed by atoms with Gasteiger partial charge in [0.15, 0.2) is 0 Å². The molecule has 0 unspecified atom stereocenters. The minimum absolute atomic E-state index is 0.0716. The third kappa shape index (κ3) is 6.86. The number of carbonyl (C=O) groups excluding carboxylic acids is 2. The summed E-state index contributed by atoms with van der Waals surface area (Å²) in [5, 5.41) is 2.80. The van der Waals surface area contributed by atoms with E-state index in [1.807, 2.05) is 49.4 Å². The zero-order valence-electron chi connectivity index (χ0n) is 19.9. The zero-order chi connectivity index (χ0) is 25.2. The van der Waals surface area contributed by atoms with Gasteiger partial charge in [-0.25, -0.2) is 0 Å². The number of hydrogen-bond donors (Lipinski definition) is 1. The maximum absolute atomic E-state index is 13.3. The van der Waals surface area contributed by atoms with Gasteiger partial charge in [-0.15, -0.1) is 13.2 Å². The van der Waals surface area contributed by atoms with Crippen molar-refractivity contribution in [2.24, 2.45) is 0 Å². The fraction of sp³-hybridized carbons (Fsp3) is 0.214. The minimum Gasteiger partial charge on any atom is -0.352 e. The summed E-state index contributed by atoms with van der Waals surface area (Å²) in [6.07, 6.45) is 8.45. The van der Waals surface area contributed by atoms with Crippen molar-refractivity contribution in [3.05, 3.63) is 125 Å². The van der Waals surface area contributed by atoms with Gasteiger partial charge in [-0.05, 0) is 24.6 Å². The molecule has 7 nitrogen and oxygen atoms in total. The van der Waals surface area contributed by atoms with Crippen LogP contribution >= 0.6 is 0 Å². The Morgan fingerprint density at radius 3 is 2.34 bits per heavy atom. The van der Waals surface area contributed by atoms with E-state index in [1.54, 1.807) is 22.9 Å². The van der Waals surface area contributed by atoms with Crippen molar-refractivity contribution in [2.75, 3.05) is 13.1 Å². The maximum Gasteiger partial charge on any atom is 0.259 e. The second-order valence-electron chi connectivity index (χ2n) is 8.18. The average Bonchev–Trinajstić information content (AvgIpc) is 2.87. The molecule has 1 N–H and O–H groups in total. The predicted molar refractivity (Wildman–Crippen MR) is 137 cm³/mol. The first-order valence-electron chi connectivity index (χ1n) is 11.4. The third-order valence-electron chi connectivity index (χ3n) is 5.47. The largest absolute Gasteiger partial charge is 0.352 e. The Balaban J connectivity index is 1.92. The van der Waals surface area contributed by atoms with Crippen LogP contribution in [0.5, 0.6) is 0 Å². The molecule has 0 fully saturated rings. The SMILES string of the molecule is C=CCN(CC=C)C(=O)c1cn(CCc2ccccn2)cc(C(=O)NCc2ccc(C)cc2)c1=O. The highest BCUT2D eigenvalue weighted by molar-refractivity contribution is 5.99. The van der Waals surface area contributed by atoms with E-state index < -0.39 is 17.2 Å². The molecule has 0 aliphatic heterocycles. The van der Waals surface area contributed by atoms with Crippen LogP contribution in [0.15, 0.2) is 91.2 Å². The van der Waals surface area contributed by atoms with Gasteiger partial charge in [0.25, 0.3) is 11.8 Å². The Labute approximate surface area is 205 Å². The monoisotopic (exact) mass is 470 g/mol. The van der Waals surface area contributed by atoms with E-state index in [4.69, 9.17) is 0 Å². The molecule has 0 bridgehead atoms. The summed E-state index contributed by atoms with van der Waals surface area (Å²) >= 11 is 0. The van der Waals surface area contributed by atoms with Crippen LogP contribution in [-0.2, 0) is 19.5 Å². The number of nitrogens with zero attached hydrogens (tertiary/aromatic N) is 3. The number of rotatable bonds is 11. The number of aromatic nitrogens is 2. The van der Waals surface area contributed by atoms with Gasteiger partial charge in [0, 0.05) is 56.9 Å². The molecular weight excluding hydrogens is 440 g/mol. The Kier molecular flexibility index (Phi) is 8.89. The number of carbonyl (C=O) groups is 2. The van der Waals surface area contributed by atoms with Gasteiger partial charge in [0.2, 0.25) is 5.43 Å². The maximum atomic E-state index is 13.3. The Hall–Kier alpha value is -4.26. The summed E-state index contributed by atoms with van der Waals surface area (Å²) in [6, 6.07) is 13.4. The lowest BCUT2D eigenvalue weighted by atomic mass is 10.1. The van der Waals surface area contributed by atoms with E-state index in [-0.39, 0.29) is 30.8 Å². The van der Waals surface area contributed by atoms with Gasteiger partial charge < -0.3 is 14.8 Å². The van der Waals surface area contributed by atoms with Gasteiger partial charge in [0.05, 0.1) is 0 Å². The Morgan fingerprint density at radius 1 is 1.03 bits per heavy atom. The summed E-state index contributed by atoms with van der Waals surface area (Å²) in [7, 11) is 0. The summed E-state index contributed by atoms with van der Waals surface area (Å²) < 4.78 is 1.70. The van der Waals surface area contributed by atoms with Crippen molar-refractivity contribution in [3.63, 3.8) is 0 Å². The fourth-order valence-electron chi connectivity index (χ4n) is 3.57. The van der Waals surface area contributed by atoms with E-state index in [2.05, 4.69) is 23.5 Å². The van der Waals surface area contributed by atoms with Crippen LogP contribution in [0, 0.1) is 6.92 Å². The molecule has 1 aromatic carbocycles. The van der Waals surface area contributed by atoms with E-state index in [0.717, 1.165) is 16.8 Å². The number of hydrogen-bond acceptors (Lipinski definition) is 4. The van der Waals surface area contributed by atoms with Gasteiger partial charge in [0.1, 0.15) is 11.1 Å². The van der Waals surface area contributed by atoms with Crippen molar-refractivity contribution in [3.8, 4) is 0 Å². The molecule has 2 aromatic heterocycles. The Bertz CT molecular complexity index is 1240. The molecule has 0 aliphatic carbocycles. The second kappa shape index (κ2) is 12.3. The van der Waals surface area contributed by atoms with Crippen molar-refractivity contribution >= 4 is 11.8 Å². The molecule has 0 saturated carbocycles. The number of nitrogens with one attached hydrogen (secondary N) is 1. The molecule has 7 heteroatoms. The van der Waals surface area contributed by atoms with E-state index in [9.17, 15) is 14.4 Å². The number of benzene rings is 1. The van der Waals surface area contributed by atoms with Crippen molar-refractivity contribution in [2.45, 2.75) is 26.4 Å². The van der Waals surface area contributed by atoms with Crippen LogP contribution in [0.2, 0.25) is 0 Å². The number of aryl methyl sites for hydroxylation is 3. The lowest BCUT2D eigenvalue weighted by Gasteiger charge is -2.20. The smallest absolute Gasteiger partial charge is 0.259 e. The third-order valence-corrected chi connectivity index (χ3v) is 5.47. The Morgan fingerprint density at radius 2 is 1.71 bits per heavy atom. The topological polar surface area (TPSA) is 84.3 Å². The van der Waals surface area contributed by atoms with Crippen molar-refractivity contribution in [1.29, 1.82) is 0 Å². The molecule has 0 saturated heterocycles. The standard InChI is InChI=1S/C28H30N4O3/c1-4-15-32(16-5-2)28(35)25-20-31(17-13-23-8-6-7-14-29-23)19-24(26(25)33)27(34)30-18-22-11-9-21(3)10-12-22/h4-12,14,19-20H,1-2,13,15-18H2,3H3,(H,30,34). The van der Waals surface area contributed by atoms with E-state index >= 15 is 0 Å². The van der Waals surface area contributed by atoms with Crippen molar-refractivity contribution in [1.82, 2.24) is 19.8 Å². The van der Waals surface area contributed by atoms with Gasteiger partial charge in [-0.2, -0.15) is 0 Å². The van der Waals surface area contributed by atoms with Crippen LogP contribution in [-0.4, -0.2) is 39.4 Å². The first kappa shape index (κ1) is 25.4. The molecule has 0 atom stereocenters. The average molecular weight is 471 g/mol. The molecule has 35 heavy (non-hydrogen) atoms. The highest BCUT2D eigenvalue weighted by Crippen LogP contribution is 2.08. The predicted octanol–water partition coefficient (Wildman–Crippen LogP) is 3.54. The molecule has 2 heterocycles.